The molecule has 1 atom stereocenters. The van der Waals surface area contributed by atoms with Gasteiger partial charge < -0.3 is 9.64 Å². The first-order chi connectivity index (χ1) is 10.7. The third-order valence-corrected chi connectivity index (χ3v) is 5.33. The van der Waals surface area contributed by atoms with E-state index in [1.165, 1.54) is 12.1 Å². The van der Waals surface area contributed by atoms with E-state index in [4.69, 9.17) is 4.74 Å². The second kappa shape index (κ2) is 6.98. The minimum atomic E-state index is -3.62. The van der Waals surface area contributed by atoms with Crippen LogP contribution in [0, 0.1) is 6.92 Å². The van der Waals surface area contributed by atoms with Crippen molar-refractivity contribution in [2.45, 2.75) is 44.7 Å². The minimum Gasteiger partial charge on any atom is -0.375 e. The van der Waals surface area contributed by atoms with Crippen LogP contribution in [0.4, 0.5) is 0 Å². The molecule has 1 aliphatic heterocycles. The van der Waals surface area contributed by atoms with Gasteiger partial charge in [-0.2, -0.15) is 0 Å². The molecule has 0 aliphatic carbocycles. The molecule has 1 heterocycles. The van der Waals surface area contributed by atoms with Crippen LogP contribution in [0.3, 0.4) is 0 Å². The van der Waals surface area contributed by atoms with Crippen molar-refractivity contribution in [1.29, 1.82) is 0 Å². The van der Waals surface area contributed by atoms with Crippen LogP contribution in [0.5, 0.6) is 0 Å². The van der Waals surface area contributed by atoms with Crippen LogP contribution in [-0.2, 0) is 14.8 Å². The monoisotopic (exact) mass is 340 g/mol. The number of carbonyl (C=O) groups excluding carboxylic acids is 1. The molecule has 1 fully saturated rings. The van der Waals surface area contributed by atoms with Gasteiger partial charge in [0.25, 0.3) is 5.91 Å². The van der Waals surface area contributed by atoms with Crippen LogP contribution in [0.2, 0.25) is 0 Å². The summed E-state index contributed by atoms with van der Waals surface area (Å²) < 4.78 is 32.6. The summed E-state index contributed by atoms with van der Waals surface area (Å²) in [7, 11) is -3.62. The van der Waals surface area contributed by atoms with Gasteiger partial charge in [0.2, 0.25) is 10.0 Å². The van der Waals surface area contributed by atoms with Crippen molar-refractivity contribution >= 4 is 15.9 Å². The van der Waals surface area contributed by atoms with E-state index >= 15 is 0 Å². The maximum absolute atomic E-state index is 12.7. The summed E-state index contributed by atoms with van der Waals surface area (Å²) in [6.45, 7) is 8.77. The molecule has 1 aliphatic rings. The first kappa shape index (κ1) is 17.9. The topological polar surface area (TPSA) is 75.7 Å². The van der Waals surface area contributed by atoms with E-state index < -0.39 is 10.0 Å². The molecule has 0 unspecified atom stereocenters. The number of sulfonamides is 1. The number of nitrogens with zero attached hydrogens (tertiary/aromatic N) is 1. The lowest BCUT2D eigenvalue weighted by atomic mass is 10.1. The summed E-state index contributed by atoms with van der Waals surface area (Å²) in [5, 5.41) is 0. The van der Waals surface area contributed by atoms with E-state index in [2.05, 4.69) is 4.72 Å². The Hall–Kier alpha value is -1.44. The van der Waals surface area contributed by atoms with E-state index in [0.717, 1.165) is 5.56 Å². The average molecular weight is 340 g/mol. The van der Waals surface area contributed by atoms with Crippen LogP contribution in [0.1, 0.15) is 36.7 Å². The van der Waals surface area contributed by atoms with Crippen molar-refractivity contribution in [3.05, 3.63) is 29.3 Å². The Morgan fingerprint density at radius 2 is 2.09 bits per heavy atom. The number of hydrogen-bond donors (Lipinski definition) is 1. The lowest BCUT2D eigenvalue weighted by Gasteiger charge is -2.31. The predicted octanol–water partition coefficient (Wildman–Crippen LogP) is 1.54. The molecular weight excluding hydrogens is 316 g/mol. The number of ether oxygens (including phenoxy) is 1. The van der Waals surface area contributed by atoms with Gasteiger partial charge in [0.15, 0.2) is 0 Å². The highest BCUT2D eigenvalue weighted by molar-refractivity contribution is 7.89. The Morgan fingerprint density at radius 3 is 2.70 bits per heavy atom. The van der Waals surface area contributed by atoms with Gasteiger partial charge in [-0.05, 0) is 45.4 Å². The number of hydrogen-bond acceptors (Lipinski definition) is 4. The molecule has 2 rings (SSSR count). The molecule has 0 aromatic heterocycles. The molecule has 128 valence electrons. The fourth-order valence-electron chi connectivity index (χ4n) is 2.55. The molecular formula is C16H24N2O4S. The summed E-state index contributed by atoms with van der Waals surface area (Å²) in [6, 6.07) is 4.45. The zero-order valence-corrected chi connectivity index (χ0v) is 14.8. The Morgan fingerprint density at radius 1 is 1.39 bits per heavy atom. The molecule has 6 nitrogen and oxygen atoms in total. The van der Waals surface area contributed by atoms with Crippen molar-refractivity contribution in [1.82, 2.24) is 9.62 Å². The Labute approximate surface area is 137 Å². The summed E-state index contributed by atoms with van der Waals surface area (Å²) in [5.74, 6) is -0.153. The maximum Gasteiger partial charge on any atom is 0.254 e. The minimum absolute atomic E-state index is 0.0115. The Bertz CT molecular complexity index is 685. The number of amides is 1. The van der Waals surface area contributed by atoms with Gasteiger partial charge >= 0.3 is 0 Å². The number of morpholine rings is 1. The molecule has 1 aromatic carbocycles. The second-order valence-corrected chi connectivity index (χ2v) is 7.90. The van der Waals surface area contributed by atoms with E-state index in [1.54, 1.807) is 24.8 Å². The van der Waals surface area contributed by atoms with Gasteiger partial charge in [-0.15, -0.1) is 0 Å². The number of nitrogens with one attached hydrogen (secondary N) is 1. The lowest BCUT2D eigenvalue weighted by molar-refractivity contribution is -0.0124. The summed E-state index contributed by atoms with van der Waals surface area (Å²) in [6.07, 6.45) is -0.0115. The van der Waals surface area contributed by atoms with E-state index in [-0.39, 0.29) is 22.9 Å². The maximum atomic E-state index is 12.7. The van der Waals surface area contributed by atoms with Crippen LogP contribution in [0.15, 0.2) is 23.1 Å². The lowest BCUT2D eigenvalue weighted by Crippen LogP contribution is -2.44. The molecule has 0 spiro atoms. The van der Waals surface area contributed by atoms with Gasteiger partial charge in [-0.3, -0.25) is 4.79 Å². The fourth-order valence-corrected chi connectivity index (χ4v) is 3.83. The largest absolute Gasteiger partial charge is 0.375 e. The fraction of sp³-hybridized carbons (Fsp3) is 0.562. The first-order valence-corrected chi connectivity index (χ1v) is 9.23. The van der Waals surface area contributed by atoms with Crippen molar-refractivity contribution in [3.8, 4) is 0 Å². The van der Waals surface area contributed by atoms with Crippen LogP contribution >= 0.6 is 0 Å². The highest BCUT2D eigenvalue weighted by Gasteiger charge is 2.25. The van der Waals surface area contributed by atoms with Crippen LogP contribution in [-0.4, -0.2) is 51.1 Å². The zero-order valence-electron chi connectivity index (χ0n) is 14.0. The molecule has 7 heteroatoms. The SMILES string of the molecule is Cc1ccc(S(=O)(=O)NC(C)C)cc1C(=O)N1CCO[C@H](C)C1. The number of carbonyl (C=O) groups is 1. The van der Waals surface area contributed by atoms with Crippen molar-refractivity contribution < 1.29 is 17.9 Å². The van der Waals surface area contributed by atoms with Gasteiger partial charge in [-0.1, -0.05) is 6.07 Å². The second-order valence-electron chi connectivity index (χ2n) is 6.19. The molecule has 0 radical (unpaired) electrons. The van der Waals surface area contributed by atoms with Crippen molar-refractivity contribution in [2.75, 3.05) is 19.7 Å². The highest BCUT2D eigenvalue weighted by Crippen LogP contribution is 2.19. The molecule has 1 N–H and O–H groups in total. The van der Waals surface area contributed by atoms with Gasteiger partial charge in [0.1, 0.15) is 0 Å². The highest BCUT2D eigenvalue weighted by atomic mass is 32.2. The third kappa shape index (κ3) is 4.31. The molecule has 1 aromatic rings. The Balaban J connectivity index is 2.32. The van der Waals surface area contributed by atoms with Crippen molar-refractivity contribution in [2.24, 2.45) is 0 Å². The van der Waals surface area contributed by atoms with E-state index in [9.17, 15) is 13.2 Å². The summed E-state index contributed by atoms with van der Waals surface area (Å²) in [5.41, 5.74) is 1.18. The number of benzene rings is 1. The molecule has 23 heavy (non-hydrogen) atoms. The number of aryl methyl sites for hydroxylation is 1. The molecule has 0 bridgehead atoms. The summed E-state index contributed by atoms with van der Waals surface area (Å²) >= 11 is 0. The molecule has 1 saturated heterocycles. The van der Waals surface area contributed by atoms with E-state index in [1.807, 2.05) is 13.8 Å². The summed E-state index contributed by atoms with van der Waals surface area (Å²) in [4.78, 5) is 14.5. The quantitative estimate of drug-likeness (QED) is 0.902. The average Bonchev–Trinajstić information content (AvgIpc) is 2.45. The number of rotatable bonds is 4. The zero-order chi connectivity index (χ0) is 17.2. The normalized spacial score (nSPS) is 19.2. The standard InChI is InChI=1S/C16H24N2O4S/c1-11(2)17-23(20,21)14-6-5-12(3)15(9-14)16(19)18-7-8-22-13(4)10-18/h5-6,9,11,13,17H,7-8,10H2,1-4H3/t13-/m1/s1. The molecule has 0 saturated carbocycles. The van der Waals surface area contributed by atoms with Crippen LogP contribution in [0.25, 0.3) is 0 Å². The first-order valence-electron chi connectivity index (χ1n) is 7.74. The van der Waals surface area contributed by atoms with E-state index in [0.29, 0.717) is 25.3 Å². The van der Waals surface area contributed by atoms with Crippen molar-refractivity contribution in [3.63, 3.8) is 0 Å². The predicted molar refractivity (Wildman–Crippen MR) is 88.0 cm³/mol. The Kier molecular flexibility index (Phi) is 5.44. The third-order valence-electron chi connectivity index (χ3n) is 3.67. The smallest absolute Gasteiger partial charge is 0.254 e. The van der Waals surface area contributed by atoms with Gasteiger partial charge in [0, 0.05) is 24.7 Å². The molecule has 1 amide bonds. The van der Waals surface area contributed by atoms with Crippen LogP contribution < -0.4 is 4.72 Å². The van der Waals surface area contributed by atoms with Gasteiger partial charge in [0.05, 0.1) is 17.6 Å². The van der Waals surface area contributed by atoms with Gasteiger partial charge in [-0.25, -0.2) is 13.1 Å².